The fourth-order valence-corrected chi connectivity index (χ4v) is 2.81. The first-order valence-electron chi connectivity index (χ1n) is 8.75. The summed E-state index contributed by atoms with van der Waals surface area (Å²) in [5.41, 5.74) is 3.10. The number of ether oxygens (including phenoxy) is 3. The molecule has 2 rings (SSSR count). The van der Waals surface area contributed by atoms with Crippen LogP contribution in [0.3, 0.4) is 0 Å². The van der Waals surface area contributed by atoms with E-state index in [1.54, 1.807) is 33.5 Å². The lowest BCUT2D eigenvalue weighted by molar-refractivity contribution is -0.120. The highest BCUT2D eigenvalue weighted by Crippen LogP contribution is 2.38. The summed E-state index contributed by atoms with van der Waals surface area (Å²) >= 11 is 0. The number of benzene rings is 2. The molecule has 0 radical (unpaired) electrons. The Balaban J connectivity index is 1.97. The molecule has 0 aromatic heterocycles. The van der Waals surface area contributed by atoms with Gasteiger partial charge >= 0.3 is 0 Å². The predicted octanol–water partition coefficient (Wildman–Crippen LogP) is 2.63. The first-order valence-corrected chi connectivity index (χ1v) is 8.75. The van der Waals surface area contributed by atoms with Gasteiger partial charge in [-0.3, -0.25) is 4.79 Å². The van der Waals surface area contributed by atoms with E-state index in [4.69, 9.17) is 14.2 Å². The van der Waals surface area contributed by atoms with Crippen molar-refractivity contribution >= 4 is 5.91 Å². The zero-order chi connectivity index (χ0) is 19.8. The number of nitrogens with one attached hydrogen (secondary N) is 1. The van der Waals surface area contributed by atoms with Crippen LogP contribution in [-0.4, -0.2) is 46.2 Å². The molecule has 2 aromatic carbocycles. The van der Waals surface area contributed by atoms with E-state index in [2.05, 4.69) is 22.3 Å². The first-order chi connectivity index (χ1) is 13.0. The van der Waals surface area contributed by atoms with Gasteiger partial charge < -0.3 is 24.4 Å². The maximum absolute atomic E-state index is 12.3. The molecule has 2 aromatic rings. The van der Waals surface area contributed by atoms with Gasteiger partial charge in [0.2, 0.25) is 11.7 Å². The number of rotatable bonds is 9. The molecule has 0 aliphatic heterocycles. The Morgan fingerprint density at radius 2 is 1.44 bits per heavy atom. The zero-order valence-electron chi connectivity index (χ0n) is 16.7. The largest absolute Gasteiger partial charge is 0.493 e. The van der Waals surface area contributed by atoms with Crippen LogP contribution in [0.2, 0.25) is 0 Å². The van der Waals surface area contributed by atoms with Crippen LogP contribution in [0, 0.1) is 0 Å². The number of methoxy groups -OCH3 is 3. The van der Waals surface area contributed by atoms with E-state index in [9.17, 15) is 4.79 Å². The highest BCUT2D eigenvalue weighted by atomic mass is 16.5. The summed E-state index contributed by atoms with van der Waals surface area (Å²) in [6.45, 7) is 1.39. The lowest BCUT2D eigenvalue weighted by Gasteiger charge is -2.14. The van der Waals surface area contributed by atoms with Crippen molar-refractivity contribution < 1.29 is 19.0 Å². The Bertz CT molecular complexity index is 732. The third kappa shape index (κ3) is 5.89. The lowest BCUT2D eigenvalue weighted by Crippen LogP contribution is -2.24. The standard InChI is InChI=1S/C21H28N2O4/c1-23(2)14-16-8-6-15(7-9-16)13-22-20(24)12-17-10-18(25-3)21(27-5)19(11-17)26-4/h6-11H,12-14H2,1-5H3,(H,22,24). The second-order valence-electron chi connectivity index (χ2n) is 6.54. The van der Waals surface area contributed by atoms with Gasteiger partial charge in [0, 0.05) is 13.1 Å². The Morgan fingerprint density at radius 3 is 1.93 bits per heavy atom. The van der Waals surface area contributed by atoms with E-state index in [-0.39, 0.29) is 12.3 Å². The van der Waals surface area contributed by atoms with Crippen LogP contribution in [0.1, 0.15) is 16.7 Å². The van der Waals surface area contributed by atoms with Gasteiger partial charge in [-0.25, -0.2) is 0 Å². The Morgan fingerprint density at radius 1 is 0.889 bits per heavy atom. The second kappa shape index (κ2) is 9.83. The molecule has 0 unspecified atom stereocenters. The van der Waals surface area contributed by atoms with E-state index < -0.39 is 0 Å². The smallest absolute Gasteiger partial charge is 0.224 e. The summed E-state index contributed by atoms with van der Waals surface area (Å²) in [5.74, 6) is 1.52. The van der Waals surface area contributed by atoms with Crippen LogP contribution in [0.5, 0.6) is 17.2 Å². The van der Waals surface area contributed by atoms with Gasteiger partial charge in [0.15, 0.2) is 11.5 Å². The number of carbonyl (C=O) groups excluding carboxylic acids is 1. The Hall–Kier alpha value is -2.73. The maximum atomic E-state index is 12.3. The van der Waals surface area contributed by atoms with E-state index in [0.717, 1.165) is 17.7 Å². The van der Waals surface area contributed by atoms with Crippen molar-refractivity contribution in [1.82, 2.24) is 10.2 Å². The van der Waals surface area contributed by atoms with Crippen LogP contribution in [0.25, 0.3) is 0 Å². The SMILES string of the molecule is COc1cc(CC(=O)NCc2ccc(CN(C)C)cc2)cc(OC)c1OC. The molecule has 0 aliphatic carbocycles. The minimum absolute atomic E-state index is 0.0679. The average molecular weight is 372 g/mol. The predicted molar refractivity (Wildman–Crippen MR) is 105 cm³/mol. The summed E-state index contributed by atoms with van der Waals surface area (Å²) in [4.78, 5) is 14.4. The summed E-state index contributed by atoms with van der Waals surface area (Å²) in [7, 11) is 8.74. The summed E-state index contributed by atoms with van der Waals surface area (Å²) < 4.78 is 16.0. The normalized spacial score (nSPS) is 10.6. The van der Waals surface area contributed by atoms with Gasteiger partial charge in [0.1, 0.15) is 0 Å². The van der Waals surface area contributed by atoms with Crippen molar-refractivity contribution in [1.29, 1.82) is 0 Å². The van der Waals surface area contributed by atoms with Gasteiger partial charge in [0.25, 0.3) is 0 Å². The van der Waals surface area contributed by atoms with E-state index in [1.165, 1.54) is 5.56 Å². The highest BCUT2D eigenvalue weighted by molar-refractivity contribution is 5.79. The van der Waals surface area contributed by atoms with Gasteiger partial charge in [-0.1, -0.05) is 24.3 Å². The topological polar surface area (TPSA) is 60.0 Å². The van der Waals surface area contributed by atoms with Crippen LogP contribution in [0.4, 0.5) is 0 Å². The fraction of sp³-hybridized carbons (Fsp3) is 0.381. The first kappa shape index (κ1) is 20.6. The molecule has 0 heterocycles. The number of nitrogens with zero attached hydrogens (tertiary/aromatic N) is 1. The molecule has 1 amide bonds. The summed E-state index contributed by atoms with van der Waals surface area (Å²) in [5, 5.41) is 2.95. The van der Waals surface area contributed by atoms with Gasteiger partial charge in [-0.15, -0.1) is 0 Å². The van der Waals surface area contributed by atoms with Gasteiger partial charge in [0.05, 0.1) is 27.8 Å². The monoisotopic (exact) mass is 372 g/mol. The molecule has 0 atom stereocenters. The van der Waals surface area contributed by atoms with Crippen LogP contribution in [0.15, 0.2) is 36.4 Å². The number of hydrogen-bond acceptors (Lipinski definition) is 5. The van der Waals surface area contributed by atoms with E-state index in [1.807, 2.05) is 26.2 Å². The fourth-order valence-electron chi connectivity index (χ4n) is 2.81. The third-order valence-corrected chi connectivity index (χ3v) is 4.10. The molecule has 0 bridgehead atoms. The Labute approximate surface area is 161 Å². The van der Waals surface area contributed by atoms with Crippen LogP contribution >= 0.6 is 0 Å². The number of hydrogen-bond donors (Lipinski definition) is 1. The zero-order valence-corrected chi connectivity index (χ0v) is 16.7. The molecule has 0 saturated heterocycles. The van der Waals surface area contributed by atoms with E-state index >= 15 is 0 Å². The maximum Gasteiger partial charge on any atom is 0.224 e. The molecular formula is C21H28N2O4. The van der Waals surface area contributed by atoms with Crippen molar-refractivity contribution in [3.63, 3.8) is 0 Å². The average Bonchev–Trinajstić information content (AvgIpc) is 2.66. The molecule has 146 valence electrons. The molecule has 1 N–H and O–H groups in total. The molecule has 6 heteroatoms. The third-order valence-electron chi connectivity index (χ3n) is 4.10. The quantitative estimate of drug-likeness (QED) is 0.733. The summed E-state index contributed by atoms with van der Waals surface area (Å²) in [6, 6.07) is 11.8. The molecule has 0 aliphatic rings. The summed E-state index contributed by atoms with van der Waals surface area (Å²) in [6.07, 6.45) is 0.232. The van der Waals surface area contributed by atoms with Crippen LogP contribution < -0.4 is 19.5 Å². The van der Waals surface area contributed by atoms with E-state index in [0.29, 0.717) is 23.8 Å². The van der Waals surface area contributed by atoms with Crippen molar-refractivity contribution in [2.75, 3.05) is 35.4 Å². The molecule has 0 fully saturated rings. The lowest BCUT2D eigenvalue weighted by atomic mass is 10.1. The molecular weight excluding hydrogens is 344 g/mol. The molecule has 0 spiro atoms. The molecule has 6 nitrogen and oxygen atoms in total. The second-order valence-corrected chi connectivity index (χ2v) is 6.54. The van der Waals surface area contributed by atoms with Crippen molar-refractivity contribution in [3.8, 4) is 17.2 Å². The van der Waals surface area contributed by atoms with Gasteiger partial charge in [-0.05, 0) is 42.9 Å². The highest BCUT2D eigenvalue weighted by Gasteiger charge is 2.14. The molecule has 27 heavy (non-hydrogen) atoms. The molecule has 0 saturated carbocycles. The minimum atomic E-state index is -0.0679. The minimum Gasteiger partial charge on any atom is -0.493 e. The number of carbonyl (C=O) groups is 1. The Kier molecular flexibility index (Phi) is 7.49. The number of amides is 1. The van der Waals surface area contributed by atoms with Crippen molar-refractivity contribution in [2.24, 2.45) is 0 Å². The van der Waals surface area contributed by atoms with Crippen molar-refractivity contribution in [3.05, 3.63) is 53.1 Å². The van der Waals surface area contributed by atoms with Crippen molar-refractivity contribution in [2.45, 2.75) is 19.5 Å². The van der Waals surface area contributed by atoms with Crippen LogP contribution in [-0.2, 0) is 24.3 Å². The van der Waals surface area contributed by atoms with Gasteiger partial charge in [-0.2, -0.15) is 0 Å².